The first-order valence-corrected chi connectivity index (χ1v) is 8.30. The number of nitrogens with one attached hydrogen (secondary N) is 1. The number of aromatic nitrogens is 2. The molecular formula is C17H20N4O4. The van der Waals surface area contributed by atoms with Crippen molar-refractivity contribution >= 4 is 11.6 Å². The van der Waals surface area contributed by atoms with Crippen LogP contribution in [0.25, 0.3) is 0 Å². The molecule has 2 aliphatic rings. The van der Waals surface area contributed by atoms with Crippen molar-refractivity contribution in [2.75, 3.05) is 25.0 Å². The number of benzene rings is 1. The highest BCUT2D eigenvalue weighted by molar-refractivity contribution is 5.95. The summed E-state index contributed by atoms with van der Waals surface area (Å²) in [6.07, 6.45) is -0.169. The molecule has 0 saturated carbocycles. The quantitative estimate of drug-likeness (QED) is 0.906. The molecule has 25 heavy (non-hydrogen) atoms. The Balaban J connectivity index is 1.48. The monoisotopic (exact) mass is 344 g/mol. The number of rotatable bonds is 3. The summed E-state index contributed by atoms with van der Waals surface area (Å²) in [4.78, 5) is 13.8. The van der Waals surface area contributed by atoms with Crippen molar-refractivity contribution < 1.29 is 18.7 Å². The maximum Gasteiger partial charge on any atom is 0.262 e. The van der Waals surface area contributed by atoms with Crippen LogP contribution in [0.1, 0.15) is 30.4 Å². The highest BCUT2D eigenvalue weighted by atomic mass is 16.5. The zero-order valence-electron chi connectivity index (χ0n) is 14.2. The molecule has 0 bridgehead atoms. The minimum absolute atomic E-state index is 0.0617. The topological polar surface area (TPSA) is 89.7 Å². The third-order valence-electron chi connectivity index (χ3n) is 4.24. The second kappa shape index (κ2) is 6.45. The lowest BCUT2D eigenvalue weighted by molar-refractivity contribution is -0.118. The molecule has 1 aromatic heterocycles. The van der Waals surface area contributed by atoms with E-state index in [2.05, 4.69) is 20.4 Å². The van der Waals surface area contributed by atoms with Crippen LogP contribution in [0.2, 0.25) is 0 Å². The van der Waals surface area contributed by atoms with E-state index in [-0.39, 0.29) is 24.7 Å². The average molecular weight is 344 g/mol. The van der Waals surface area contributed by atoms with Crippen molar-refractivity contribution in [2.45, 2.75) is 32.6 Å². The Labute approximate surface area is 145 Å². The van der Waals surface area contributed by atoms with Gasteiger partial charge in [-0.1, -0.05) is 6.07 Å². The van der Waals surface area contributed by atoms with Crippen LogP contribution in [-0.2, 0) is 16.1 Å². The molecule has 0 spiro atoms. The summed E-state index contributed by atoms with van der Waals surface area (Å²) in [5.41, 5.74) is 1.82. The molecule has 1 N–H and O–H groups in total. The number of aryl methyl sites for hydroxylation is 1. The van der Waals surface area contributed by atoms with Crippen molar-refractivity contribution in [3.05, 3.63) is 35.5 Å². The third-order valence-corrected chi connectivity index (χ3v) is 4.24. The van der Waals surface area contributed by atoms with Gasteiger partial charge in [-0.2, -0.15) is 0 Å². The fourth-order valence-corrected chi connectivity index (χ4v) is 3.23. The first-order chi connectivity index (χ1) is 12.1. The third kappa shape index (κ3) is 3.49. The van der Waals surface area contributed by atoms with E-state index < -0.39 is 0 Å². The first-order valence-electron chi connectivity index (χ1n) is 8.30. The SMILES string of the molecule is Cc1nnc([C@H]2CN(Cc3ccc4c(c3)NC(=O)CO4)C[C@@H](C)O2)o1. The Morgan fingerprint density at radius 2 is 2.20 bits per heavy atom. The van der Waals surface area contributed by atoms with Crippen molar-refractivity contribution in [1.82, 2.24) is 15.1 Å². The highest BCUT2D eigenvalue weighted by Gasteiger charge is 2.30. The number of hydrogen-bond donors (Lipinski definition) is 1. The number of nitrogens with zero attached hydrogens (tertiary/aromatic N) is 3. The molecule has 0 unspecified atom stereocenters. The average Bonchev–Trinajstić information content (AvgIpc) is 3.00. The zero-order valence-corrected chi connectivity index (χ0v) is 14.2. The summed E-state index contributed by atoms with van der Waals surface area (Å²) in [6, 6.07) is 5.87. The summed E-state index contributed by atoms with van der Waals surface area (Å²) in [5, 5.41) is 10.8. The number of carbonyl (C=O) groups excluding carboxylic acids is 1. The van der Waals surface area contributed by atoms with E-state index in [1.54, 1.807) is 6.92 Å². The maximum atomic E-state index is 11.5. The van der Waals surface area contributed by atoms with Gasteiger partial charge in [0.2, 0.25) is 11.8 Å². The van der Waals surface area contributed by atoms with Crippen molar-refractivity contribution in [3.63, 3.8) is 0 Å². The van der Waals surface area contributed by atoms with E-state index in [0.29, 0.717) is 24.1 Å². The standard InChI is InChI=1S/C17H20N4O4/c1-10-6-21(8-15(24-10)17-20-19-11(2)25-17)7-12-3-4-14-13(5-12)18-16(22)9-23-14/h3-5,10,15H,6-9H2,1-2H3,(H,18,22)/t10-,15-/m1/s1. The number of fused-ring (bicyclic) bond motifs is 1. The molecule has 8 heteroatoms. The number of anilines is 1. The van der Waals surface area contributed by atoms with Gasteiger partial charge >= 0.3 is 0 Å². The second-order valence-electron chi connectivity index (χ2n) is 6.46. The predicted octanol–water partition coefficient (Wildman–Crippen LogP) is 1.67. The molecule has 8 nitrogen and oxygen atoms in total. The minimum Gasteiger partial charge on any atom is -0.482 e. The van der Waals surface area contributed by atoms with Gasteiger partial charge in [0.15, 0.2) is 6.61 Å². The van der Waals surface area contributed by atoms with Gasteiger partial charge in [0.25, 0.3) is 5.91 Å². The van der Waals surface area contributed by atoms with Crippen molar-refractivity contribution in [1.29, 1.82) is 0 Å². The number of morpholine rings is 1. The Hall–Kier alpha value is -2.45. The number of amides is 1. The molecule has 0 aliphatic carbocycles. The largest absolute Gasteiger partial charge is 0.482 e. The first kappa shape index (κ1) is 16.0. The summed E-state index contributed by atoms with van der Waals surface area (Å²) in [6.45, 7) is 6.09. The van der Waals surface area contributed by atoms with Crippen LogP contribution in [0, 0.1) is 6.92 Å². The van der Waals surface area contributed by atoms with E-state index in [9.17, 15) is 4.79 Å². The van der Waals surface area contributed by atoms with Crippen molar-refractivity contribution in [2.24, 2.45) is 0 Å². The second-order valence-corrected chi connectivity index (χ2v) is 6.46. The number of carbonyl (C=O) groups is 1. The van der Waals surface area contributed by atoms with Gasteiger partial charge in [-0.15, -0.1) is 10.2 Å². The molecule has 2 aromatic rings. The van der Waals surface area contributed by atoms with E-state index in [1.807, 2.05) is 25.1 Å². The molecule has 1 fully saturated rings. The minimum atomic E-state index is -0.231. The van der Waals surface area contributed by atoms with Gasteiger partial charge in [0.05, 0.1) is 11.8 Å². The lowest BCUT2D eigenvalue weighted by Gasteiger charge is -2.35. The van der Waals surface area contributed by atoms with Crippen LogP contribution in [0.5, 0.6) is 5.75 Å². The zero-order chi connectivity index (χ0) is 17.4. The van der Waals surface area contributed by atoms with Crippen LogP contribution in [0.15, 0.2) is 22.6 Å². The summed E-state index contributed by atoms with van der Waals surface area (Å²) >= 11 is 0. The Morgan fingerprint density at radius 1 is 1.32 bits per heavy atom. The molecule has 4 rings (SSSR count). The number of hydrogen-bond acceptors (Lipinski definition) is 7. The van der Waals surface area contributed by atoms with Crippen LogP contribution >= 0.6 is 0 Å². The molecular weight excluding hydrogens is 324 g/mol. The predicted molar refractivity (Wildman–Crippen MR) is 88.2 cm³/mol. The van der Waals surface area contributed by atoms with Gasteiger partial charge in [-0.05, 0) is 24.6 Å². The fraction of sp³-hybridized carbons (Fsp3) is 0.471. The van der Waals surface area contributed by atoms with Gasteiger partial charge < -0.3 is 19.2 Å². The molecule has 1 saturated heterocycles. The van der Waals surface area contributed by atoms with Crippen LogP contribution in [0.3, 0.4) is 0 Å². The van der Waals surface area contributed by atoms with Crippen LogP contribution in [0.4, 0.5) is 5.69 Å². The van der Waals surface area contributed by atoms with Gasteiger partial charge in [-0.3, -0.25) is 9.69 Å². The maximum absolute atomic E-state index is 11.5. The summed E-state index contributed by atoms with van der Waals surface area (Å²) < 4.78 is 16.9. The van der Waals surface area contributed by atoms with Gasteiger partial charge in [-0.25, -0.2) is 0 Å². The summed E-state index contributed by atoms with van der Waals surface area (Å²) in [7, 11) is 0. The van der Waals surface area contributed by atoms with E-state index >= 15 is 0 Å². The van der Waals surface area contributed by atoms with Crippen LogP contribution < -0.4 is 10.1 Å². The Morgan fingerprint density at radius 3 is 3.00 bits per heavy atom. The van der Waals surface area contributed by atoms with Crippen LogP contribution in [-0.4, -0.2) is 46.8 Å². The molecule has 2 aliphatic heterocycles. The lowest BCUT2D eigenvalue weighted by atomic mass is 10.1. The highest BCUT2D eigenvalue weighted by Crippen LogP contribution is 2.30. The molecule has 2 atom stereocenters. The fourth-order valence-electron chi connectivity index (χ4n) is 3.23. The van der Waals surface area contributed by atoms with E-state index in [0.717, 1.165) is 24.3 Å². The lowest BCUT2D eigenvalue weighted by Crippen LogP contribution is -2.42. The van der Waals surface area contributed by atoms with E-state index in [4.69, 9.17) is 13.9 Å². The normalized spacial score (nSPS) is 23.7. The Kier molecular flexibility index (Phi) is 4.14. The number of ether oxygens (including phenoxy) is 2. The van der Waals surface area contributed by atoms with Gasteiger partial charge in [0, 0.05) is 26.6 Å². The molecule has 1 amide bonds. The van der Waals surface area contributed by atoms with E-state index in [1.165, 1.54) is 0 Å². The molecule has 132 valence electrons. The van der Waals surface area contributed by atoms with Gasteiger partial charge in [0.1, 0.15) is 11.9 Å². The molecule has 0 radical (unpaired) electrons. The molecule has 3 heterocycles. The summed E-state index contributed by atoms with van der Waals surface area (Å²) in [5.74, 6) is 1.63. The smallest absolute Gasteiger partial charge is 0.262 e. The van der Waals surface area contributed by atoms with Crippen molar-refractivity contribution in [3.8, 4) is 5.75 Å². The Bertz CT molecular complexity index is 791. The molecule has 1 aromatic carbocycles.